The van der Waals surface area contributed by atoms with Crippen LogP contribution in [-0.2, 0) is 17.1 Å². The zero-order valence-corrected chi connectivity index (χ0v) is 21.0. The van der Waals surface area contributed by atoms with Gasteiger partial charge in [0.1, 0.15) is 21.7 Å². The van der Waals surface area contributed by atoms with Gasteiger partial charge in [0, 0.05) is 38.5 Å². The summed E-state index contributed by atoms with van der Waals surface area (Å²) in [6.45, 7) is -0.0439. The molecule has 0 spiro atoms. The molecule has 3 aromatic rings. The second kappa shape index (κ2) is 11.1. The van der Waals surface area contributed by atoms with Crippen molar-refractivity contribution in [3.8, 4) is 23.6 Å². The Bertz CT molecular complexity index is 1470. The highest BCUT2D eigenvalue weighted by molar-refractivity contribution is 7.89. The van der Waals surface area contributed by atoms with Gasteiger partial charge in [-0.15, -0.1) is 0 Å². The fourth-order valence-electron chi connectivity index (χ4n) is 3.40. The van der Waals surface area contributed by atoms with Crippen LogP contribution in [0, 0.1) is 22.7 Å². The molecule has 12 heteroatoms. The van der Waals surface area contributed by atoms with E-state index in [-0.39, 0.29) is 36.4 Å². The molecule has 3 rings (SSSR count). The average Bonchev–Trinajstić information content (AvgIpc) is 3.19. The molecular weight excluding hydrogens is 490 g/mol. The summed E-state index contributed by atoms with van der Waals surface area (Å²) in [7, 11) is 0.946. The molecule has 0 atom stereocenters. The van der Waals surface area contributed by atoms with Crippen LogP contribution in [0.4, 0.5) is 0 Å². The quantitative estimate of drug-likeness (QED) is 0.429. The number of carbonyl (C=O) groups is 1. The van der Waals surface area contributed by atoms with E-state index in [9.17, 15) is 13.2 Å². The van der Waals surface area contributed by atoms with E-state index in [1.165, 1.54) is 35.6 Å². The molecule has 0 unspecified atom stereocenters. The number of aromatic nitrogens is 1. The summed E-state index contributed by atoms with van der Waals surface area (Å²) in [5.41, 5.74) is 0.945. The molecule has 0 N–H and O–H groups in total. The summed E-state index contributed by atoms with van der Waals surface area (Å²) < 4.78 is 40.4. The monoisotopic (exact) mass is 513 g/mol. The molecule has 0 fully saturated rings. The average molecular weight is 514 g/mol. The molecule has 0 bridgehead atoms. The predicted octanol–water partition coefficient (Wildman–Crippen LogP) is 2.82. The highest BCUT2D eigenvalue weighted by Crippen LogP contribution is 2.34. The first kappa shape index (κ1) is 25.9. The zero-order valence-electron chi connectivity index (χ0n) is 19.4. The third-order valence-electron chi connectivity index (χ3n) is 5.20. The van der Waals surface area contributed by atoms with Gasteiger partial charge in [-0.1, -0.05) is 11.3 Å². The van der Waals surface area contributed by atoms with Gasteiger partial charge in [-0.2, -0.15) is 19.8 Å². The SMILES string of the molecule is COc1ccc(OC)c2c1sc(=NC(=O)c1ccc(S(=O)(=O)N(CCC#N)CCC#N)cc1)n2C. The molecule has 1 aromatic heterocycles. The van der Waals surface area contributed by atoms with Gasteiger partial charge in [-0.05, 0) is 36.4 Å². The summed E-state index contributed by atoms with van der Waals surface area (Å²) >= 11 is 1.27. The Hall–Kier alpha value is -3.71. The van der Waals surface area contributed by atoms with Crippen LogP contribution in [0.15, 0.2) is 46.3 Å². The van der Waals surface area contributed by atoms with Crippen LogP contribution in [0.1, 0.15) is 23.2 Å². The Morgan fingerprint density at radius 1 is 1.03 bits per heavy atom. The highest BCUT2D eigenvalue weighted by Gasteiger charge is 2.24. The van der Waals surface area contributed by atoms with Crippen LogP contribution in [-0.4, -0.2) is 50.5 Å². The van der Waals surface area contributed by atoms with Crippen molar-refractivity contribution in [1.29, 1.82) is 10.5 Å². The molecule has 0 aliphatic carbocycles. The lowest BCUT2D eigenvalue weighted by molar-refractivity contribution is 0.0998. The number of nitriles is 2. The smallest absolute Gasteiger partial charge is 0.279 e. The topological polar surface area (TPSA) is 138 Å². The van der Waals surface area contributed by atoms with Crippen molar-refractivity contribution < 1.29 is 22.7 Å². The fourth-order valence-corrected chi connectivity index (χ4v) is 5.97. The van der Waals surface area contributed by atoms with Crippen molar-refractivity contribution in [3.63, 3.8) is 0 Å². The molecule has 182 valence electrons. The maximum atomic E-state index is 13.0. The molecule has 0 aliphatic heterocycles. The summed E-state index contributed by atoms with van der Waals surface area (Å²) in [6, 6.07) is 12.8. The third kappa shape index (κ3) is 5.35. The van der Waals surface area contributed by atoms with Gasteiger partial charge in [-0.3, -0.25) is 4.79 Å². The van der Waals surface area contributed by atoms with Crippen LogP contribution < -0.4 is 14.3 Å². The number of benzene rings is 2. The number of thiazole rings is 1. The van der Waals surface area contributed by atoms with Gasteiger partial charge < -0.3 is 14.0 Å². The molecule has 0 radical (unpaired) electrons. The van der Waals surface area contributed by atoms with Gasteiger partial charge >= 0.3 is 0 Å². The van der Waals surface area contributed by atoms with Crippen molar-refractivity contribution >= 4 is 37.5 Å². The standard InChI is InChI=1S/C23H23N5O5S2/c1-27-20-18(32-2)10-11-19(33-3)21(20)34-23(27)26-22(29)16-6-8-17(9-7-16)35(30,31)28(14-4-12-24)15-5-13-25/h6-11H,4-5,14-15H2,1-3H3. The highest BCUT2D eigenvalue weighted by atomic mass is 32.2. The maximum absolute atomic E-state index is 13.0. The third-order valence-corrected chi connectivity index (χ3v) is 8.26. The van der Waals surface area contributed by atoms with Crippen LogP contribution in [0.3, 0.4) is 0 Å². The van der Waals surface area contributed by atoms with Crippen molar-refractivity contribution in [2.75, 3.05) is 27.3 Å². The molecule has 0 saturated heterocycles. The van der Waals surface area contributed by atoms with Crippen molar-refractivity contribution in [2.45, 2.75) is 17.7 Å². The normalized spacial score (nSPS) is 11.9. The lowest BCUT2D eigenvalue weighted by Crippen LogP contribution is -2.32. The van der Waals surface area contributed by atoms with Crippen LogP contribution in [0.5, 0.6) is 11.5 Å². The molecule has 0 aliphatic rings. The first-order valence-corrected chi connectivity index (χ1v) is 12.7. The van der Waals surface area contributed by atoms with Crippen LogP contribution in [0.25, 0.3) is 10.2 Å². The zero-order chi connectivity index (χ0) is 25.6. The van der Waals surface area contributed by atoms with Crippen molar-refractivity contribution in [3.05, 3.63) is 46.8 Å². The number of aryl methyl sites for hydroxylation is 1. The number of sulfonamides is 1. The second-order valence-electron chi connectivity index (χ2n) is 7.25. The molecule has 10 nitrogen and oxygen atoms in total. The van der Waals surface area contributed by atoms with Crippen molar-refractivity contribution in [1.82, 2.24) is 8.87 Å². The van der Waals surface area contributed by atoms with Crippen LogP contribution >= 0.6 is 11.3 Å². The Morgan fingerprint density at radius 2 is 1.60 bits per heavy atom. The summed E-state index contributed by atoms with van der Waals surface area (Å²) in [6.07, 6.45) is 0.00370. The largest absolute Gasteiger partial charge is 0.495 e. The lowest BCUT2D eigenvalue weighted by Gasteiger charge is -2.20. The van der Waals surface area contributed by atoms with E-state index in [1.807, 2.05) is 12.1 Å². The van der Waals surface area contributed by atoms with Gasteiger partial charge in [0.15, 0.2) is 4.80 Å². The Balaban J connectivity index is 1.95. The minimum atomic E-state index is -3.93. The number of nitrogens with zero attached hydrogens (tertiary/aromatic N) is 5. The minimum Gasteiger partial charge on any atom is -0.495 e. The molecule has 1 heterocycles. The lowest BCUT2D eigenvalue weighted by atomic mass is 10.2. The molecule has 1 amide bonds. The number of methoxy groups -OCH3 is 2. The van der Waals surface area contributed by atoms with Gasteiger partial charge in [0.05, 0.1) is 31.3 Å². The number of hydrogen-bond acceptors (Lipinski definition) is 8. The Kier molecular flexibility index (Phi) is 8.25. The summed E-state index contributed by atoms with van der Waals surface area (Å²) in [5, 5.41) is 17.6. The van der Waals surface area contributed by atoms with E-state index in [2.05, 4.69) is 4.99 Å². The molecular formula is C23H23N5O5S2. The number of ether oxygens (including phenoxy) is 2. The van der Waals surface area contributed by atoms with E-state index >= 15 is 0 Å². The molecule has 0 saturated carbocycles. The number of rotatable bonds is 9. The molecule has 2 aromatic carbocycles. The van der Waals surface area contributed by atoms with Crippen molar-refractivity contribution in [2.24, 2.45) is 12.0 Å². The van der Waals surface area contributed by atoms with Gasteiger partial charge in [-0.25, -0.2) is 8.42 Å². The summed E-state index contributed by atoms with van der Waals surface area (Å²) in [4.78, 5) is 17.5. The van der Waals surface area contributed by atoms with E-state index in [1.54, 1.807) is 38.0 Å². The van der Waals surface area contributed by atoms with E-state index < -0.39 is 15.9 Å². The number of carbonyl (C=O) groups excluding carboxylic acids is 1. The fraction of sp³-hybridized carbons (Fsp3) is 0.304. The number of amides is 1. The Labute approximate surface area is 206 Å². The minimum absolute atomic E-state index is 0.00185. The Morgan fingerprint density at radius 3 is 2.14 bits per heavy atom. The second-order valence-corrected chi connectivity index (χ2v) is 10.2. The van der Waals surface area contributed by atoms with Crippen LogP contribution in [0.2, 0.25) is 0 Å². The first-order chi connectivity index (χ1) is 16.8. The number of fused-ring (bicyclic) bond motifs is 1. The van der Waals surface area contributed by atoms with E-state index in [0.717, 1.165) is 14.5 Å². The van der Waals surface area contributed by atoms with E-state index in [0.29, 0.717) is 16.3 Å². The number of hydrogen-bond donors (Lipinski definition) is 0. The predicted molar refractivity (Wildman–Crippen MR) is 129 cm³/mol. The first-order valence-electron chi connectivity index (χ1n) is 10.4. The van der Waals surface area contributed by atoms with Gasteiger partial charge in [0.25, 0.3) is 5.91 Å². The van der Waals surface area contributed by atoms with Gasteiger partial charge in [0.2, 0.25) is 10.0 Å². The van der Waals surface area contributed by atoms with E-state index in [4.69, 9.17) is 20.0 Å². The summed E-state index contributed by atoms with van der Waals surface area (Å²) in [5.74, 6) is 0.697. The maximum Gasteiger partial charge on any atom is 0.279 e. The molecule has 35 heavy (non-hydrogen) atoms.